The first-order valence-corrected chi connectivity index (χ1v) is 10.4. The molecule has 0 aliphatic heterocycles. The number of ether oxygens (including phenoxy) is 1. The first kappa shape index (κ1) is 20.6. The second-order valence-corrected chi connectivity index (χ2v) is 8.58. The van der Waals surface area contributed by atoms with E-state index in [2.05, 4.69) is 9.72 Å². The molecule has 0 amide bonds. The van der Waals surface area contributed by atoms with Crippen molar-refractivity contribution in [2.24, 2.45) is 0 Å². The highest BCUT2D eigenvalue weighted by Crippen LogP contribution is 2.31. The van der Waals surface area contributed by atoms with Crippen LogP contribution in [0.4, 0.5) is 5.69 Å². The van der Waals surface area contributed by atoms with Gasteiger partial charge in [-0.15, -0.1) is 0 Å². The molecular weight excluding hydrogens is 416 g/mol. The van der Waals surface area contributed by atoms with Crippen LogP contribution in [0, 0.1) is 0 Å². The van der Waals surface area contributed by atoms with Crippen LogP contribution in [0.5, 0.6) is 5.75 Å². The average molecular weight is 433 g/mol. The van der Waals surface area contributed by atoms with E-state index in [0.29, 0.717) is 22.4 Å². The number of anilines is 1. The van der Waals surface area contributed by atoms with Gasteiger partial charge in [-0.2, -0.15) is 0 Å². The molecule has 29 heavy (non-hydrogen) atoms. The Morgan fingerprint density at radius 1 is 1.21 bits per heavy atom. The summed E-state index contributed by atoms with van der Waals surface area (Å²) in [5.41, 5.74) is 7.62. The van der Waals surface area contributed by atoms with E-state index in [0.717, 1.165) is 0 Å². The van der Waals surface area contributed by atoms with Crippen molar-refractivity contribution < 1.29 is 23.1 Å². The second kappa shape index (κ2) is 8.10. The molecule has 0 unspecified atom stereocenters. The zero-order chi connectivity index (χ0) is 21.2. The Bertz CT molecular complexity index is 1200. The SMILES string of the molecule is COC(=O)c1ccc(CS(=O)(=O)c2cnc(Cl)c(-c3cccc(N)c3)c2)cc1O. The molecule has 0 atom stereocenters. The molecule has 0 saturated heterocycles. The van der Waals surface area contributed by atoms with Gasteiger partial charge in [0.2, 0.25) is 0 Å². The van der Waals surface area contributed by atoms with Gasteiger partial charge in [-0.25, -0.2) is 18.2 Å². The third-order valence-corrected chi connectivity index (χ3v) is 6.15. The van der Waals surface area contributed by atoms with Crippen molar-refractivity contribution in [3.63, 3.8) is 0 Å². The van der Waals surface area contributed by atoms with Crippen LogP contribution in [-0.4, -0.2) is 31.6 Å². The Hall–Kier alpha value is -3.10. The minimum Gasteiger partial charge on any atom is -0.507 e. The average Bonchev–Trinajstić information content (AvgIpc) is 2.67. The molecule has 0 saturated carbocycles. The Labute approximate surface area is 172 Å². The summed E-state index contributed by atoms with van der Waals surface area (Å²) in [6.45, 7) is 0. The normalized spacial score (nSPS) is 11.2. The molecule has 1 heterocycles. The van der Waals surface area contributed by atoms with Crippen molar-refractivity contribution in [3.05, 3.63) is 71.0 Å². The molecule has 3 rings (SSSR count). The fourth-order valence-corrected chi connectivity index (χ4v) is 4.27. The number of nitrogen functional groups attached to an aromatic ring is 1. The molecule has 0 aliphatic carbocycles. The highest BCUT2D eigenvalue weighted by atomic mass is 35.5. The van der Waals surface area contributed by atoms with Gasteiger partial charge in [0.1, 0.15) is 16.5 Å². The minimum atomic E-state index is -3.81. The minimum absolute atomic E-state index is 0.0316. The molecule has 7 nitrogen and oxygen atoms in total. The van der Waals surface area contributed by atoms with Crippen LogP contribution < -0.4 is 5.73 Å². The molecule has 1 aromatic heterocycles. The molecular formula is C20H17ClN2O5S. The summed E-state index contributed by atoms with van der Waals surface area (Å²) in [5, 5.41) is 10.1. The van der Waals surface area contributed by atoms with Crippen LogP contribution in [0.25, 0.3) is 11.1 Å². The maximum Gasteiger partial charge on any atom is 0.341 e. The van der Waals surface area contributed by atoms with Crippen molar-refractivity contribution in [2.75, 3.05) is 12.8 Å². The standard InChI is InChI=1S/C20H17ClN2O5S/c1-28-20(25)16-6-5-12(7-18(16)24)11-29(26,27)15-9-17(19(21)23-10-15)13-3-2-4-14(22)8-13/h2-10,24H,11,22H2,1H3. The molecule has 9 heteroatoms. The number of nitrogens with zero attached hydrogens (tertiary/aromatic N) is 1. The van der Waals surface area contributed by atoms with E-state index >= 15 is 0 Å². The van der Waals surface area contributed by atoms with Gasteiger partial charge in [0.15, 0.2) is 9.84 Å². The van der Waals surface area contributed by atoms with E-state index < -0.39 is 21.6 Å². The molecule has 0 fully saturated rings. The Kier molecular flexibility index (Phi) is 5.76. The zero-order valence-corrected chi connectivity index (χ0v) is 16.9. The number of carbonyl (C=O) groups excluding carboxylic acids is 1. The topological polar surface area (TPSA) is 120 Å². The monoisotopic (exact) mass is 432 g/mol. The number of phenolic OH excluding ortho intramolecular Hbond substituents is 1. The van der Waals surface area contributed by atoms with Gasteiger partial charge in [-0.1, -0.05) is 29.8 Å². The molecule has 0 spiro atoms. The number of hydrogen-bond acceptors (Lipinski definition) is 7. The first-order chi connectivity index (χ1) is 13.7. The number of methoxy groups -OCH3 is 1. The van der Waals surface area contributed by atoms with E-state index in [9.17, 15) is 18.3 Å². The van der Waals surface area contributed by atoms with Gasteiger partial charge in [-0.3, -0.25) is 0 Å². The molecule has 2 aromatic carbocycles. The molecule has 3 N–H and O–H groups in total. The number of benzene rings is 2. The Balaban J connectivity index is 1.95. The summed E-state index contributed by atoms with van der Waals surface area (Å²) in [4.78, 5) is 15.5. The number of pyridine rings is 1. The third-order valence-electron chi connectivity index (χ3n) is 4.19. The number of aromatic nitrogens is 1. The fraction of sp³-hybridized carbons (Fsp3) is 0.100. The van der Waals surface area contributed by atoms with Crippen LogP contribution in [-0.2, 0) is 20.3 Å². The Morgan fingerprint density at radius 3 is 2.62 bits per heavy atom. The smallest absolute Gasteiger partial charge is 0.341 e. The number of aromatic hydroxyl groups is 1. The third kappa shape index (κ3) is 4.49. The molecule has 0 radical (unpaired) electrons. The van der Waals surface area contributed by atoms with Gasteiger partial charge in [0.25, 0.3) is 0 Å². The lowest BCUT2D eigenvalue weighted by molar-refractivity contribution is 0.0597. The number of carbonyl (C=O) groups is 1. The van der Waals surface area contributed by atoms with Gasteiger partial charge in [0, 0.05) is 17.4 Å². The lowest BCUT2D eigenvalue weighted by atomic mass is 10.1. The maximum absolute atomic E-state index is 12.9. The first-order valence-electron chi connectivity index (χ1n) is 8.35. The van der Waals surface area contributed by atoms with Crippen molar-refractivity contribution in [1.29, 1.82) is 0 Å². The van der Waals surface area contributed by atoms with Gasteiger partial charge in [0.05, 0.1) is 17.8 Å². The number of rotatable bonds is 5. The van der Waals surface area contributed by atoms with Crippen molar-refractivity contribution in [2.45, 2.75) is 10.6 Å². The number of hydrogen-bond donors (Lipinski definition) is 2. The molecule has 150 valence electrons. The van der Waals surface area contributed by atoms with Crippen molar-refractivity contribution in [3.8, 4) is 16.9 Å². The lowest BCUT2D eigenvalue weighted by Crippen LogP contribution is -2.07. The van der Waals surface area contributed by atoms with E-state index in [-0.39, 0.29) is 21.4 Å². The van der Waals surface area contributed by atoms with Gasteiger partial charge < -0.3 is 15.6 Å². The summed E-state index contributed by atoms with van der Waals surface area (Å²) in [5.74, 6) is -1.48. The predicted octanol–water partition coefficient (Wildman–Crippen LogP) is 3.45. The van der Waals surface area contributed by atoms with Crippen LogP contribution >= 0.6 is 11.6 Å². The van der Waals surface area contributed by atoms with Crippen LogP contribution in [0.1, 0.15) is 15.9 Å². The van der Waals surface area contributed by atoms with Gasteiger partial charge in [-0.05, 0) is 41.5 Å². The van der Waals surface area contributed by atoms with Gasteiger partial charge >= 0.3 is 5.97 Å². The maximum atomic E-state index is 12.9. The zero-order valence-electron chi connectivity index (χ0n) is 15.3. The van der Waals surface area contributed by atoms with Crippen molar-refractivity contribution >= 4 is 33.1 Å². The van der Waals surface area contributed by atoms with E-state index in [4.69, 9.17) is 17.3 Å². The van der Waals surface area contributed by atoms with E-state index in [1.54, 1.807) is 24.3 Å². The van der Waals surface area contributed by atoms with E-state index in [1.165, 1.54) is 37.6 Å². The molecule has 3 aromatic rings. The summed E-state index contributed by atoms with van der Waals surface area (Å²) >= 11 is 6.15. The summed E-state index contributed by atoms with van der Waals surface area (Å²) in [6.07, 6.45) is 1.18. The number of halogens is 1. The summed E-state index contributed by atoms with van der Waals surface area (Å²) in [6, 6.07) is 12.2. The van der Waals surface area contributed by atoms with Crippen molar-refractivity contribution in [1.82, 2.24) is 4.98 Å². The fourth-order valence-electron chi connectivity index (χ4n) is 2.76. The lowest BCUT2D eigenvalue weighted by Gasteiger charge is -2.10. The Morgan fingerprint density at radius 2 is 1.97 bits per heavy atom. The van der Waals surface area contributed by atoms with Crippen LogP contribution in [0.15, 0.2) is 59.6 Å². The summed E-state index contributed by atoms with van der Waals surface area (Å²) < 4.78 is 30.3. The molecule has 0 bridgehead atoms. The molecule has 0 aliphatic rings. The van der Waals surface area contributed by atoms with Crippen LogP contribution in [0.2, 0.25) is 5.15 Å². The quantitative estimate of drug-likeness (QED) is 0.360. The largest absolute Gasteiger partial charge is 0.507 e. The number of phenols is 1. The summed E-state index contributed by atoms with van der Waals surface area (Å²) in [7, 11) is -2.62. The second-order valence-electron chi connectivity index (χ2n) is 6.24. The number of nitrogens with two attached hydrogens (primary N) is 1. The predicted molar refractivity (Wildman–Crippen MR) is 109 cm³/mol. The van der Waals surface area contributed by atoms with Crippen LogP contribution in [0.3, 0.4) is 0 Å². The van der Waals surface area contributed by atoms with E-state index in [1.807, 2.05) is 0 Å². The number of sulfone groups is 1. The highest BCUT2D eigenvalue weighted by molar-refractivity contribution is 7.90. The number of esters is 1. The highest BCUT2D eigenvalue weighted by Gasteiger charge is 2.20.